The molecule has 0 saturated carbocycles. The van der Waals surface area contributed by atoms with Crippen LogP contribution in [0.1, 0.15) is 18.7 Å². The average Bonchev–Trinajstić information content (AvgIpc) is 2.56. The second-order valence-corrected chi connectivity index (χ2v) is 5.00. The topological polar surface area (TPSA) is 131 Å². The summed E-state index contributed by atoms with van der Waals surface area (Å²) in [5.74, 6) is 0. The summed E-state index contributed by atoms with van der Waals surface area (Å²) in [6.45, 7) is 2.64. The molecule has 2 rings (SSSR count). The highest BCUT2D eigenvalue weighted by Crippen LogP contribution is 2.35. The van der Waals surface area contributed by atoms with Gasteiger partial charge in [-0.2, -0.15) is 0 Å². The molecule has 2 heterocycles. The van der Waals surface area contributed by atoms with Crippen molar-refractivity contribution in [1.82, 2.24) is 9.55 Å². The van der Waals surface area contributed by atoms with Crippen LogP contribution < -0.4 is 17.0 Å². The van der Waals surface area contributed by atoms with Crippen LogP contribution >= 0.6 is 0 Å². The molecule has 1 aliphatic rings. The van der Waals surface area contributed by atoms with Gasteiger partial charge in [0.2, 0.25) is 0 Å². The highest BCUT2D eigenvalue weighted by molar-refractivity contribution is 5.07. The van der Waals surface area contributed by atoms with Crippen molar-refractivity contribution in [3.05, 3.63) is 32.6 Å². The lowest BCUT2D eigenvalue weighted by molar-refractivity contribution is -0.0488. The number of hydrogen-bond acceptors (Lipinski definition) is 6. The van der Waals surface area contributed by atoms with Gasteiger partial charge in [0.15, 0.2) is 6.23 Å². The normalized spacial score (nSPS) is 34.7. The van der Waals surface area contributed by atoms with Crippen LogP contribution in [0.15, 0.2) is 15.8 Å². The molecule has 0 spiro atoms. The molecule has 1 saturated heterocycles. The maximum absolute atomic E-state index is 11.8. The first kappa shape index (κ1) is 13.9. The molecular weight excluding hydrogens is 254 g/mol. The van der Waals surface area contributed by atoms with Gasteiger partial charge in [-0.05, 0) is 13.8 Å². The van der Waals surface area contributed by atoms with E-state index in [0.29, 0.717) is 5.56 Å². The number of aliphatic hydroxyl groups is 2. The van der Waals surface area contributed by atoms with E-state index in [1.165, 1.54) is 20.0 Å². The van der Waals surface area contributed by atoms with Crippen molar-refractivity contribution < 1.29 is 14.9 Å². The van der Waals surface area contributed by atoms with Crippen LogP contribution in [0.4, 0.5) is 0 Å². The molecule has 1 aromatic rings. The zero-order valence-corrected chi connectivity index (χ0v) is 10.7. The largest absolute Gasteiger partial charge is 0.394 e. The number of nitrogens with two attached hydrogens (primary N) is 1. The van der Waals surface area contributed by atoms with Crippen molar-refractivity contribution in [3.8, 4) is 0 Å². The van der Waals surface area contributed by atoms with Crippen LogP contribution in [0.2, 0.25) is 0 Å². The highest BCUT2D eigenvalue weighted by Gasteiger charge is 2.51. The van der Waals surface area contributed by atoms with E-state index >= 15 is 0 Å². The number of ether oxygens (including phenoxy) is 1. The Balaban J connectivity index is 2.51. The number of nitrogens with zero attached hydrogens (tertiary/aromatic N) is 1. The first-order valence-electron chi connectivity index (χ1n) is 5.84. The van der Waals surface area contributed by atoms with E-state index in [1.807, 2.05) is 0 Å². The molecule has 0 aliphatic carbocycles. The van der Waals surface area contributed by atoms with Crippen LogP contribution in [0, 0.1) is 6.92 Å². The first-order chi connectivity index (χ1) is 8.78. The fraction of sp³-hybridized carbons (Fsp3) is 0.636. The summed E-state index contributed by atoms with van der Waals surface area (Å²) in [4.78, 5) is 25.3. The van der Waals surface area contributed by atoms with Gasteiger partial charge in [0.05, 0.1) is 12.1 Å². The molecule has 1 fully saturated rings. The van der Waals surface area contributed by atoms with E-state index in [1.54, 1.807) is 0 Å². The minimum Gasteiger partial charge on any atom is -0.394 e. The molecule has 8 heteroatoms. The minimum atomic E-state index is -1.26. The zero-order chi connectivity index (χ0) is 14.4. The monoisotopic (exact) mass is 271 g/mol. The molecular formula is C11H17N3O5. The van der Waals surface area contributed by atoms with Crippen molar-refractivity contribution in [1.29, 1.82) is 0 Å². The summed E-state index contributed by atoms with van der Waals surface area (Å²) >= 11 is 0. The van der Waals surface area contributed by atoms with Crippen LogP contribution in [-0.2, 0) is 4.74 Å². The molecule has 0 unspecified atom stereocenters. The summed E-state index contributed by atoms with van der Waals surface area (Å²) in [5.41, 5.74) is 3.87. The molecule has 5 N–H and O–H groups in total. The van der Waals surface area contributed by atoms with Crippen molar-refractivity contribution in [3.63, 3.8) is 0 Å². The van der Waals surface area contributed by atoms with Crippen LogP contribution in [0.25, 0.3) is 0 Å². The van der Waals surface area contributed by atoms with Crippen molar-refractivity contribution in [2.45, 2.75) is 37.8 Å². The Morgan fingerprint density at radius 2 is 2.21 bits per heavy atom. The number of H-pyrrole nitrogens is 1. The van der Waals surface area contributed by atoms with Crippen molar-refractivity contribution in [2.24, 2.45) is 5.73 Å². The minimum absolute atomic E-state index is 0.320. The molecule has 8 nitrogen and oxygen atoms in total. The number of aryl methyl sites for hydroxylation is 1. The Morgan fingerprint density at radius 3 is 2.74 bits per heavy atom. The standard InChI is InChI=1S/C11H17N3O5/c1-5-3-14(10(18)13-8(5)17)9-11(2,12)7(16)6(4-15)19-9/h3,6-7,9,15-16H,4,12H2,1-2H3,(H,13,17,18)/t6-,7-,9-,11-/m1/s1. The van der Waals surface area contributed by atoms with Gasteiger partial charge in [-0.1, -0.05) is 0 Å². The highest BCUT2D eigenvalue weighted by atomic mass is 16.5. The number of hydrogen-bond donors (Lipinski definition) is 4. The van der Waals surface area contributed by atoms with Gasteiger partial charge < -0.3 is 20.7 Å². The van der Waals surface area contributed by atoms with Gasteiger partial charge in [0.1, 0.15) is 12.2 Å². The van der Waals surface area contributed by atoms with E-state index in [4.69, 9.17) is 15.6 Å². The lowest BCUT2D eigenvalue weighted by atomic mass is 9.93. The quantitative estimate of drug-likeness (QED) is 0.483. The smallest absolute Gasteiger partial charge is 0.330 e. The predicted octanol–water partition coefficient (Wildman–Crippen LogP) is -2.19. The second-order valence-electron chi connectivity index (χ2n) is 5.00. The van der Waals surface area contributed by atoms with Crippen molar-refractivity contribution in [2.75, 3.05) is 6.61 Å². The van der Waals surface area contributed by atoms with Gasteiger partial charge in [-0.3, -0.25) is 14.3 Å². The van der Waals surface area contributed by atoms with Crippen molar-refractivity contribution >= 4 is 0 Å². The molecule has 0 aromatic carbocycles. The Morgan fingerprint density at radius 1 is 1.58 bits per heavy atom. The Hall–Kier alpha value is -1.48. The summed E-state index contributed by atoms with van der Waals surface area (Å²) in [6.07, 6.45) is -1.65. The molecule has 1 aliphatic heterocycles. The number of aromatic nitrogens is 2. The molecule has 19 heavy (non-hydrogen) atoms. The molecule has 0 bridgehead atoms. The molecule has 0 amide bonds. The number of aromatic amines is 1. The van der Waals surface area contributed by atoms with E-state index in [9.17, 15) is 14.7 Å². The third kappa shape index (κ3) is 2.12. The van der Waals surface area contributed by atoms with E-state index in [0.717, 1.165) is 4.57 Å². The maximum atomic E-state index is 11.8. The molecule has 4 atom stereocenters. The fourth-order valence-electron chi connectivity index (χ4n) is 2.20. The summed E-state index contributed by atoms with van der Waals surface area (Å²) < 4.78 is 6.54. The lowest BCUT2D eigenvalue weighted by Gasteiger charge is -2.28. The fourth-order valence-corrected chi connectivity index (χ4v) is 2.20. The SMILES string of the molecule is Cc1cn([C@@H]2O[C@H](CO)[C@@H](O)[C@@]2(C)N)c(=O)[nH]c1=O. The average molecular weight is 271 g/mol. The van der Waals surface area contributed by atoms with Gasteiger partial charge in [-0.25, -0.2) is 4.79 Å². The summed E-state index contributed by atoms with van der Waals surface area (Å²) in [7, 11) is 0. The van der Waals surface area contributed by atoms with Crippen LogP contribution in [-0.4, -0.2) is 44.1 Å². The predicted molar refractivity (Wildman–Crippen MR) is 65.7 cm³/mol. The van der Waals surface area contributed by atoms with Crippen LogP contribution in [0.3, 0.4) is 0 Å². The third-order valence-electron chi connectivity index (χ3n) is 3.40. The Bertz CT molecular complexity index is 591. The van der Waals surface area contributed by atoms with Gasteiger partial charge in [-0.15, -0.1) is 0 Å². The van der Waals surface area contributed by atoms with Gasteiger partial charge in [0, 0.05) is 11.8 Å². The second kappa shape index (κ2) is 4.57. The Kier molecular flexibility index (Phi) is 3.35. The number of aliphatic hydroxyl groups excluding tert-OH is 2. The number of nitrogens with one attached hydrogen (secondary N) is 1. The van der Waals surface area contributed by atoms with Gasteiger partial charge in [0.25, 0.3) is 5.56 Å². The molecule has 1 aromatic heterocycles. The summed E-state index contributed by atoms with van der Waals surface area (Å²) in [6, 6.07) is 0. The van der Waals surface area contributed by atoms with E-state index in [-0.39, 0.29) is 0 Å². The third-order valence-corrected chi connectivity index (χ3v) is 3.40. The van der Waals surface area contributed by atoms with E-state index < -0.39 is 41.8 Å². The first-order valence-corrected chi connectivity index (χ1v) is 5.84. The van der Waals surface area contributed by atoms with Crippen LogP contribution in [0.5, 0.6) is 0 Å². The molecule has 106 valence electrons. The summed E-state index contributed by atoms with van der Waals surface area (Å²) in [5, 5.41) is 19.1. The molecule has 0 radical (unpaired) electrons. The van der Waals surface area contributed by atoms with E-state index in [2.05, 4.69) is 4.98 Å². The number of rotatable bonds is 2. The van der Waals surface area contributed by atoms with Gasteiger partial charge >= 0.3 is 5.69 Å². The maximum Gasteiger partial charge on any atom is 0.330 e. The lowest BCUT2D eigenvalue weighted by Crippen LogP contribution is -2.53. The Labute approximate surface area is 108 Å². The zero-order valence-electron chi connectivity index (χ0n) is 10.7.